The van der Waals surface area contributed by atoms with Gasteiger partial charge in [-0.1, -0.05) is 13.8 Å². The second kappa shape index (κ2) is 8.65. The molecule has 1 unspecified atom stereocenters. The predicted molar refractivity (Wildman–Crippen MR) is 86.5 cm³/mol. The number of pyridine rings is 1. The summed E-state index contributed by atoms with van der Waals surface area (Å²) in [5.41, 5.74) is 1.57. The first-order chi connectivity index (χ1) is 10.9. The van der Waals surface area contributed by atoms with E-state index >= 15 is 0 Å². The maximum Gasteiger partial charge on any atom is 0.341 e. The monoisotopic (exact) mass is 358 g/mol. The number of hydrogen-bond acceptors (Lipinski definition) is 5. The van der Waals surface area contributed by atoms with E-state index in [1.54, 1.807) is 20.2 Å². The van der Waals surface area contributed by atoms with Gasteiger partial charge in [-0.2, -0.15) is 0 Å². The van der Waals surface area contributed by atoms with Crippen molar-refractivity contribution in [2.75, 3.05) is 32.2 Å². The van der Waals surface area contributed by atoms with E-state index in [-0.39, 0.29) is 29.8 Å². The van der Waals surface area contributed by atoms with Crippen LogP contribution in [0.4, 0.5) is 5.82 Å². The Morgan fingerprint density at radius 1 is 1.38 bits per heavy atom. The van der Waals surface area contributed by atoms with Crippen LogP contribution in [-0.4, -0.2) is 38.9 Å². The Labute approximate surface area is 149 Å². The molecule has 0 amide bonds. The summed E-state index contributed by atoms with van der Waals surface area (Å²) in [6, 6.07) is 2.19. The molecule has 1 N–H and O–H groups in total. The Morgan fingerprint density at radius 3 is 2.71 bits per heavy atom. The molecule has 0 saturated heterocycles. The molecule has 1 aliphatic heterocycles. The summed E-state index contributed by atoms with van der Waals surface area (Å²) < 4.78 is 17.7. The molecule has 0 fully saturated rings. The number of anilines is 1. The third kappa shape index (κ3) is 4.18. The van der Waals surface area contributed by atoms with Crippen molar-refractivity contribution >= 4 is 11.8 Å². The summed E-state index contributed by atoms with van der Waals surface area (Å²) in [5.74, 6) is 0.684. The van der Waals surface area contributed by atoms with Crippen molar-refractivity contribution in [3.8, 4) is 0 Å². The molecule has 0 saturated carbocycles. The number of halogens is 1. The molecule has 7 heteroatoms. The Kier molecular flexibility index (Phi) is 7.45. The van der Waals surface area contributed by atoms with Crippen molar-refractivity contribution in [1.82, 2.24) is 0 Å². The number of carbonyl (C=O) groups excluding carboxylic acids is 1. The minimum absolute atomic E-state index is 0. The SMILES string of the molecule is CCOC(=O)c1cc2c([n+](COCCOC)c1)NC(C)C2(C)C.[Cl-]. The molecule has 1 aromatic rings. The van der Waals surface area contributed by atoms with E-state index in [4.69, 9.17) is 14.2 Å². The molecule has 0 spiro atoms. The first kappa shape index (κ1) is 20.7. The van der Waals surface area contributed by atoms with E-state index in [1.807, 2.05) is 10.6 Å². The zero-order valence-electron chi connectivity index (χ0n) is 15.0. The average Bonchev–Trinajstić information content (AvgIpc) is 2.74. The molecule has 0 aromatic carbocycles. The Bertz CT molecular complexity index is 578. The van der Waals surface area contributed by atoms with Crippen LogP contribution in [0, 0.1) is 0 Å². The van der Waals surface area contributed by atoms with E-state index < -0.39 is 0 Å². The van der Waals surface area contributed by atoms with Gasteiger partial charge >= 0.3 is 5.97 Å². The first-order valence-corrected chi connectivity index (χ1v) is 8.00. The maximum atomic E-state index is 12.1. The van der Waals surface area contributed by atoms with Crippen molar-refractivity contribution in [3.63, 3.8) is 0 Å². The molecule has 24 heavy (non-hydrogen) atoms. The van der Waals surface area contributed by atoms with Crippen LogP contribution >= 0.6 is 0 Å². The van der Waals surface area contributed by atoms with Crippen molar-refractivity contribution in [3.05, 3.63) is 23.4 Å². The Morgan fingerprint density at radius 2 is 2.08 bits per heavy atom. The third-order valence-corrected chi connectivity index (χ3v) is 4.44. The molecule has 0 radical (unpaired) electrons. The molecule has 0 aliphatic carbocycles. The maximum absolute atomic E-state index is 12.1. The summed E-state index contributed by atoms with van der Waals surface area (Å²) in [6.45, 7) is 10.0. The molecule has 1 aliphatic rings. The fraction of sp³-hybridized carbons (Fsp3) is 0.647. The summed E-state index contributed by atoms with van der Waals surface area (Å²) in [6.07, 6.45) is 1.78. The second-order valence-electron chi connectivity index (χ2n) is 6.30. The molecule has 2 heterocycles. The van der Waals surface area contributed by atoms with Crippen LogP contribution in [0.5, 0.6) is 0 Å². The van der Waals surface area contributed by atoms with E-state index in [1.165, 1.54) is 0 Å². The molecule has 1 atom stereocenters. The van der Waals surface area contributed by atoms with Crippen LogP contribution in [0.3, 0.4) is 0 Å². The molecular weight excluding hydrogens is 332 g/mol. The topological polar surface area (TPSA) is 60.7 Å². The number of nitrogens with one attached hydrogen (secondary N) is 1. The van der Waals surface area contributed by atoms with E-state index in [2.05, 4.69) is 26.1 Å². The van der Waals surface area contributed by atoms with Gasteiger partial charge in [-0.25, -0.2) is 9.36 Å². The molecule has 2 rings (SSSR count). The van der Waals surface area contributed by atoms with Gasteiger partial charge in [0.1, 0.15) is 12.2 Å². The fourth-order valence-corrected chi connectivity index (χ4v) is 2.65. The van der Waals surface area contributed by atoms with Crippen LogP contribution < -0.4 is 22.3 Å². The van der Waals surface area contributed by atoms with E-state index in [9.17, 15) is 4.79 Å². The van der Waals surface area contributed by atoms with Gasteiger partial charge in [0.25, 0.3) is 5.82 Å². The number of carbonyl (C=O) groups is 1. The van der Waals surface area contributed by atoms with Gasteiger partial charge in [-0.3, -0.25) is 5.32 Å². The van der Waals surface area contributed by atoms with Gasteiger partial charge in [0.2, 0.25) is 0 Å². The normalized spacial score (nSPS) is 17.6. The molecule has 136 valence electrons. The number of esters is 1. The minimum atomic E-state index is -0.309. The number of nitrogens with zero attached hydrogens (tertiary/aromatic N) is 1. The van der Waals surface area contributed by atoms with Gasteiger partial charge in [-0.15, -0.1) is 0 Å². The molecular formula is C17H27ClN2O4. The predicted octanol–water partition coefficient (Wildman–Crippen LogP) is -1.13. The number of hydrogen-bond donors (Lipinski definition) is 1. The quantitative estimate of drug-likeness (QED) is 0.379. The summed E-state index contributed by atoms with van der Waals surface area (Å²) in [5, 5.41) is 3.49. The lowest BCUT2D eigenvalue weighted by molar-refractivity contribution is -0.720. The van der Waals surface area contributed by atoms with Gasteiger partial charge in [0, 0.05) is 12.5 Å². The van der Waals surface area contributed by atoms with Gasteiger partial charge in [0.15, 0.2) is 6.73 Å². The summed E-state index contributed by atoms with van der Waals surface area (Å²) >= 11 is 0. The fourth-order valence-electron chi connectivity index (χ4n) is 2.65. The highest BCUT2D eigenvalue weighted by Crippen LogP contribution is 2.39. The molecule has 0 bridgehead atoms. The Hall–Kier alpha value is -1.37. The van der Waals surface area contributed by atoms with Crippen LogP contribution in [0.1, 0.15) is 43.6 Å². The average molecular weight is 359 g/mol. The van der Waals surface area contributed by atoms with Crippen LogP contribution in [0.25, 0.3) is 0 Å². The highest BCUT2D eigenvalue weighted by molar-refractivity contribution is 5.89. The van der Waals surface area contributed by atoms with Crippen molar-refractivity contribution in [2.24, 2.45) is 0 Å². The zero-order valence-corrected chi connectivity index (χ0v) is 15.8. The molecule has 6 nitrogen and oxygen atoms in total. The lowest BCUT2D eigenvalue weighted by atomic mass is 9.81. The second-order valence-corrected chi connectivity index (χ2v) is 6.30. The third-order valence-electron chi connectivity index (χ3n) is 4.44. The Balaban J connectivity index is 0.00000288. The number of methoxy groups -OCH3 is 1. The number of ether oxygens (including phenoxy) is 3. The van der Waals surface area contributed by atoms with E-state index in [0.29, 0.717) is 32.1 Å². The lowest BCUT2D eigenvalue weighted by Crippen LogP contribution is -3.00. The highest BCUT2D eigenvalue weighted by Gasteiger charge is 2.44. The summed E-state index contributed by atoms with van der Waals surface area (Å²) in [7, 11) is 1.64. The lowest BCUT2D eigenvalue weighted by Gasteiger charge is -2.20. The number of aromatic nitrogens is 1. The molecule has 1 aromatic heterocycles. The first-order valence-electron chi connectivity index (χ1n) is 8.00. The van der Waals surface area contributed by atoms with Gasteiger partial charge in [-0.05, 0) is 19.9 Å². The van der Waals surface area contributed by atoms with E-state index in [0.717, 1.165) is 11.4 Å². The smallest absolute Gasteiger partial charge is 0.341 e. The van der Waals surface area contributed by atoms with Crippen LogP contribution in [0.15, 0.2) is 12.3 Å². The number of fused-ring (bicyclic) bond motifs is 1. The van der Waals surface area contributed by atoms with Crippen molar-refractivity contribution in [1.29, 1.82) is 0 Å². The largest absolute Gasteiger partial charge is 1.00 e. The standard InChI is InChI=1S/C17H26N2O4.ClH/c1-6-23-16(20)13-9-14-15(18-12(2)17(14,3)4)19(10-13)11-22-8-7-21-5;/h9-10,12H,6-8,11H2,1-5H3;1H. The minimum Gasteiger partial charge on any atom is -1.00 e. The zero-order chi connectivity index (χ0) is 17.0. The summed E-state index contributed by atoms with van der Waals surface area (Å²) in [4.78, 5) is 12.1. The van der Waals surface area contributed by atoms with Crippen molar-refractivity contribution in [2.45, 2.75) is 45.9 Å². The van der Waals surface area contributed by atoms with Crippen LogP contribution in [0.2, 0.25) is 0 Å². The highest BCUT2D eigenvalue weighted by atomic mass is 35.5. The van der Waals surface area contributed by atoms with Gasteiger partial charge in [0.05, 0.1) is 30.9 Å². The number of rotatable bonds is 7. The van der Waals surface area contributed by atoms with Crippen molar-refractivity contribution < 1.29 is 36.0 Å². The van der Waals surface area contributed by atoms with Crippen LogP contribution in [-0.2, 0) is 26.4 Å². The van der Waals surface area contributed by atoms with Gasteiger partial charge < -0.3 is 26.6 Å².